The van der Waals surface area contributed by atoms with Gasteiger partial charge >= 0.3 is 0 Å². The number of carbonyl (C=O) groups is 1. The Hall–Kier alpha value is -3.15. The molecule has 0 N–H and O–H groups in total. The van der Waals surface area contributed by atoms with Crippen molar-refractivity contribution in [1.29, 1.82) is 0 Å². The van der Waals surface area contributed by atoms with E-state index < -0.39 is 6.10 Å². The number of rotatable bonds is 6. The van der Waals surface area contributed by atoms with E-state index in [9.17, 15) is 4.79 Å². The summed E-state index contributed by atoms with van der Waals surface area (Å²) in [5.41, 5.74) is 2.95. The van der Waals surface area contributed by atoms with Gasteiger partial charge in [-0.2, -0.15) is 4.98 Å². The first-order valence-corrected chi connectivity index (χ1v) is 8.81. The topological polar surface area (TPSA) is 68.5 Å². The number of aryl methyl sites for hydroxylation is 2. The highest BCUT2D eigenvalue weighted by Crippen LogP contribution is 2.21. The van der Waals surface area contributed by atoms with Gasteiger partial charge in [0.2, 0.25) is 11.7 Å². The van der Waals surface area contributed by atoms with Crippen molar-refractivity contribution in [2.75, 3.05) is 7.05 Å². The fourth-order valence-corrected chi connectivity index (χ4v) is 2.69. The molecule has 0 saturated heterocycles. The monoisotopic (exact) mass is 365 g/mol. The second-order valence-corrected chi connectivity index (χ2v) is 6.60. The number of hydrogen-bond donors (Lipinski definition) is 0. The Labute approximate surface area is 158 Å². The minimum Gasteiger partial charge on any atom is -0.481 e. The fourth-order valence-electron chi connectivity index (χ4n) is 2.69. The van der Waals surface area contributed by atoms with Crippen molar-refractivity contribution in [2.45, 2.75) is 33.4 Å². The highest BCUT2D eigenvalue weighted by Gasteiger charge is 2.22. The zero-order valence-corrected chi connectivity index (χ0v) is 16.0. The van der Waals surface area contributed by atoms with Crippen LogP contribution in [0.2, 0.25) is 0 Å². The van der Waals surface area contributed by atoms with E-state index in [1.165, 1.54) is 4.90 Å². The molecule has 0 aliphatic rings. The largest absolute Gasteiger partial charge is 0.481 e. The Morgan fingerprint density at radius 1 is 1.19 bits per heavy atom. The minimum atomic E-state index is -0.619. The van der Waals surface area contributed by atoms with Crippen LogP contribution in [0.4, 0.5) is 0 Å². The van der Waals surface area contributed by atoms with E-state index in [2.05, 4.69) is 10.1 Å². The molecule has 3 rings (SSSR count). The molecule has 0 radical (unpaired) electrons. The lowest BCUT2D eigenvalue weighted by Gasteiger charge is -2.21. The Morgan fingerprint density at radius 3 is 2.67 bits per heavy atom. The van der Waals surface area contributed by atoms with Crippen LogP contribution in [-0.2, 0) is 11.3 Å². The van der Waals surface area contributed by atoms with Crippen LogP contribution in [0.3, 0.4) is 0 Å². The molecular weight excluding hydrogens is 342 g/mol. The summed E-state index contributed by atoms with van der Waals surface area (Å²) in [5.74, 6) is 1.44. The summed E-state index contributed by atoms with van der Waals surface area (Å²) in [4.78, 5) is 18.5. The van der Waals surface area contributed by atoms with Crippen LogP contribution in [0.1, 0.15) is 23.9 Å². The van der Waals surface area contributed by atoms with E-state index in [0.717, 1.165) is 16.7 Å². The second-order valence-electron chi connectivity index (χ2n) is 6.60. The van der Waals surface area contributed by atoms with E-state index in [-0.39, 0.29) is 12.5 Å². The molecule has 1 unspecified atom stereocenters. The number of nitrogens with zero attached hydrogens (tertiary/aromatic N) is 3. The highest BCUT2D eigenvalue weighted by atomic mass is 16.5. The third-order valence-electron chi connectivity index (χ3n) is 4.24. The third kappa shape index (κ3) is 4.53. The van der Waals surface area contributed by atoms with Gasteiger partial charge in [-0.25, -0.2) is 0 Å². The highest BCUT2D eigenvalue weighted by molar-refractivity contribution is 5.80. The van der Waals surface area contributed by atoms with E-state index in [0.29, 0.717) is 17.5 Å². The van der Waals surface area contributed by atoms with E-state index in [4.69, 9.17) is 9.26 Å². The van der Waals surface area contributed by atoms with E-state index in [1.807, 2.05) is 62.4 Å². The molecule has 6 nitrogen and oxygen atoms in total. The van der Waals surface area contributed by atoms with Crippen LogP contribution in [0, 0.1) is 13.8 Å². The van der Waals surface area contributed by atoms with Gasteiger partial charge in [0.05, 0.1) is 6.54 Å². The van der Waals surface area contributed by atoms with Crippen molar-refractivity contribution in [3.8, 4) is 17.1 Å². The van der Waals surface area contributed by atoms with Crippen LogP contribution in [0.15, 0.2) is 53.1 Å². The first kappa shape index (κ1) is 18.6. The number of likely N-dealkylation sites (N-methyl/N-ethyl adjacent to an activating group) is 1. The van der Waals surface area contributed by atoms with Crippen molar-refractivity contribution in [1.82, 2.24) is 15.0 Å². The van der Waals surface area contributed by atoms with E-state index in [1.54, 1.807) is 14.0 Å². The second kappa shape index (κ2) is 8.03. The maximum atomic E-state index is 12.6. The van der Waals surface area contributed by atoms with Crippen molar-refractivity contribution in [3.05, 3.63) is 65.5 Å². The van der Waals surface area contributed by atoms with E-state index >= 15 is 0 Å². The molecule has 3 aromatic rings. The predicted molar refractivity (Wildman–Crippen MR) is 102 cm³/mol. The summed E-state index contributed by atoms with van der Waals surface area (Å²) in [7, 11) is 1.69. The molecular formula is C21H23N3O3. The number of hydrogen-bond acceptors (Lipinski definition) is 5. The van der Waals surface area contributed by atoms with Gasteiger partial charge in [-0.3, -0.25) is 4.79 Å². The molecule has 1 aromatic heterocycles. The maximum Gasteiger partial charge on any atom is 0.263 e. The van der Waals surface area contributed by atoms with Gasteiger partial charge in [-0.05, 0) is 38.0 Å². The van der Waals surface area contributed by atoms with Crippen molar-refractivity contribution >= 4 is 5.91 Å². The Morgan fingerprint density at radius 2 is 1.93 bits per heavy atom. The number of benzene rings is 2. The van der Waals surface area contributed by atoms with Gasteiger partial charge in [-0.15, -0.1) is 0 Å². The molecule has 140 valence electrons. The lowest BCUT2D eigenvalue weighted by Crippen LogP contribution is -2.37. The van der Waals surface area contributed by atoms with Crippen molar-refractivity contribution < 1.29 is 14.1 Å². The van der Waals surface area contributed by atoms with Gasteiger partial charge in [0.15, 0.2) is 6.10 Å². The van der Waals surface area contributed by atoms with Crippen LogP contribution in [-0.4, -0.2) is 34.1 Å². The lowest BCUT2D eigenvalue weighted by molar-refractivity contribution is -0.137. The number of ether oxygens (including phenoxy) is 1. The average Bonchev–Trinajstić information content (AvgIpc) is 3.13. The molecule has 0 spiro atoms. The number of aromatic nitrogens is 2. The van der Waals surface area contributed by atoms with Crippen LogP contribution < -0.4 is 4.74 Å². The fraction of sp³-hybridized carbons (Fsp3) is 0.286. The molecule has 1 heterocycles. The first-order valence-electron chi connectivity index (χ1n) is 8.81. The van der Waals surface area contributed by atoms with Crippen LogP contribution >= 0.6 is 0 Å². The summed E-state index contributed by atoms with van der Waals surface area (Å²) < 4.78 is 11.1. The predicted octanol–water partition coefficient (Wildman–Crippen LogP) is 3.78. The van der Waals surface area contributed by atoms with Crippen LogP contribution in [0.25, 0.3) is 11.4 Å². The van der Waals surface area contributed by atoms with Gasteiger partial charge in [-0.1, -0.05) is 47.6 Å². The minimum absolute atomic E-state index is 0.157. The lowest BCUT2D eigenvalue weighted by atomic mass is 10.1. The molecule has 2 aromatic carbocycles. The van der Waals surface area contributed by atoms with Gasteiger partial charge < -0.3 is 14.2 Å². The Balaban J connectivity index is 1.63. The summed E-state index contributed by atoms with van der Waals surface area (Å²) in [5, 5.41) is 3.98. The first-order chi connectivity index (χ1) is 12.9. The summed E-state index contributed by atoms with van der Waals surface area (Å²) in [6.07, 6.45) is -0.619. The molecule has 1 atom stereocenters. The van der Waals surface area contributed by atoms with Crippen LogP contribution in [0.5, 0.6) is 5.75 Å². The molecule has 1 amide bonds. The SMILES string of the molecule is Cc1ccc(C)c(OC(C)C(=O)N(C)Cc2nc(-c3ccccc3)no2)c1. The molecule has 6 heteroatoms. The molecule has 0 saturated carbocycles. The van der Waals surface area contributed by atoms with Gasteiger partial charge in [0.25, 0.3) is 5.91 Å². The standard InChI is InChI=1S/C21H23N3O3/c1-14-10-11-15(2)18(12-14)26-16(3)21(25)24(4)13-19-22-20(23-27-19)17-8-6-5-7-9-17/h5-12,16H,13H2,1-4H3. The van der Waals surface area contributed by atoms with Gasteiger partial charge in [0, 0.05) is 12.6 Å². The Kier molecular flexibility index (Phi) is 5.54. The number of amides is 1. The molecule has 0 aliphatic heterocycles. The molecule has 0 aliphatic carbocycles. The van der Waals surface area contributed by atoms with Crippen molar-refractivity contribution in [2.24, 2.45) is 0 Å². The summed E-state index contributed by atoms with van der Waals surface area (Å²) in [6.45, 7) is 5.91. The molecule has 27 heavy (non-hydrogen) atoms. The third-order valence-corrected chi connectivity index (χ3v) is 4.24. The van der Waals surface area contributed by atoms with Gasteiger partial charge in [0.1, 0.15) is 5.75 Å². The zero-order chi connectivity index (χ0) is 19.4. The maximum absolute atomic E-state index is 12.6. The quantitative estimate of drug-likeness (QED) is 0.665. The molecule has 0 bridgehead atoms. The normalized spacial score (nSPS) is 11.9. The number of carbonyl (C=O) groups excluding carboxylic acids is 1. The van der Waals surface area contributed by atoms with Crippen molar-refractivity contribution in [3.63, 3.8) is 0 Å². The summed E-state index contributed by atoms with van der Waals surface area (Å²) in [6, 6.07) is 15.5. The smallest absolute Gasteiger partial charge is 0.263 e. The zero-order valence-electron chi connectivity index (χ0n) is 16.0. The summed E-state index contributed by atoms with van der Waals surface area (Å²) >= 11 is 0. The Bertz CT molecular complexity index is 921. The molecule has 0 fully saturated rings. The average molecular weight is 365 g/mol.